The molecule has 2 heterocycles. The average Bonchev–Trinajstić information content (AvgIpc) is 3.51. The molecule has 234 valence electrons. The van der Waals surface area contributed by atoms with Crippen LogP contribution < -0.4 is 9.64 Å². The highest BCUT2D eigenvalue weighted by atomic mass is 79.9. The van der Waals surface area contributed by atoms with E-state index in [4.69, 9.17) is 14.2 Å². The number of aromatic nitrogens is 3. The number of benzene rings is 2. The van der Waals surface area contributed by atoms with Crippen LogP contribution in [-0.2, 0) is 14.3 Å². The van der Waals surface area contributed by atoms with Crippen LogP contribution in [0.1, 0.15) is 37.3 Å². The Balaban J connectivity index is 1.57. The lowest BCUT2D eigenvalue weighted by atomic mass is 9.88. The maximum Gasteiger partial charge on any atom is 0.259 e. The molecule has 1 saturated carbocycles. The molecule has 0 spiro atoms. The van der Waals surface area contributed by atoms with Gasteiger partial charge in [0, 0.05) is 28.9 Å². The number of ether oxygens (including phenoxy) is 3. The Kier molecular flexibility index (Phi) is 9.94. The first kappa shape index (κ1) is 32.0. The molecule has 2 fully saturated rings. The summed E-state index contributed by atoms with van der Waals surface area (Å²) in [5, 5.41) is 50.5. The summed E-state index contributed by atoms with van der Waals surface area (Å²) in [6, 6.07) is 9.27. The van der Waals surface area contributed by atoms with Crippen molar-refractivity contribution in [2.24, 2.45) is 0 Å². The van der Waals surface area contributed by atoms with Gasteiger partial charge in [-0.25, -0.2) is 9.07 Å². The van der Waals surface area contributed by atoms with Crippen molar-refractivity contribution in [3.63, 3.8) is 0 Å². The number of aliphatic hydroxyl groups excluding tert-OH is 3. The molecule has 44 heavy (non-hydrogen) atoms. The van der Waals surface area contributed by atoms with E-state index in [1.165, 1.54) is 54.3 Å². The molecule has 1 saturated heterocycles. The monoisotopic (exact) mass is 673 g/mol. The molecule has 0 radical (unpaired) electrons. The lowest BCUT2D eigenvalue weighted by Crippen LogP contribution is -2.63. The minimum atomic E-state index is -1.38. The molecule has 0 bridgehead atoms. The first-order valence-corrected chi connectivity index (χ1v) is 14.9. The Morgan fingerprint density at radius 2 is 1.98 bits per heavy atom. The third-order valence-corrected chi connectivity index (χ3v) is 8.61. The Bertz CT molecular complexity index is 1510. The normalized spacial score (nSPS) is 27.0. The van der Waals surface area contributed by atoms with Crippen molar-refractivity contribution >= 4 is 27.5 Å². The summed E-state index contributed by atoms with van der Waals surface area (Å²) in [6.07, 6.45) is -1.96. The number of hydrogen-bond acceptors (Lipinski definition) is 10. The van der Waals surface area contributed by atoms with Crippen LogP contribution in [0.15, 0.2) is 47.1 Å². The number of rotatable bonds is 8. The number of hydrogen-bond donors (Lipinski definition) is 3. The topological polar surface area (TPSA) is 163 Å². The number of amides is 1. The van der Waals surface area contributed by atoms with E-state index in [0.717, 1.165) is 12.8 Å². The Hall–Kier alpha value is -3.45. The Labute approximate surface area is 261 Å². The minimum Gasteiger partial charge on any atom is -0.497 e. The molecular formula is C30H33BrFN5O7. The van der Waals surface area contributed by atoms with Gasteiger partial charge in [-0.15, -0.1) is 5.10 Å². The van der Waals surface area contributed by atoms with E-state index in [0.29, 0.717) is 40.0 Å². The van der Waals surface area contributed by atoms with E-state index in [1.807, 2.05) is 0 Å². The fraction of sp³-hybridized carbons (Fsp3) is 0.467. The first-order chi connectivity index (χ1) is 21.2. The Morgan fingerprint density at radius 1 is 1.20 bits per heavy atom. The number of carbonyl (C=O) groups is 1. The van der Waals surface area contributed by atoms with Gasteiger partial charge in [0.25, 0.3) is 5.91 Å². The molecule has 1 aromatic heterocycles. The second kappa shape index (κ2) is 13.7. The first-order valence-electron chi connectivity index (χ1n) is 14.1. The van der Waals surface area contributed by atoms with Gasteiger partial charge in [-0.3, -0.25) is 4.79 Å². The average molecular weight is 675 g/mol. The summed E-state index contributed by atoms with van der Waals surface area (Å²) < 4.78 is 33.1. The van der Waals surface area contributed by atoms with Crippen LogP contribution in [0.4, 0.5) is 10.1 Å². The molecule has 5 unspecified atom stereocenters. The summed E-state index contributed by atoms with van der Waals surface area (Å²) in [5.74, 6) is -0.752. The molecule has 2 aliphatic rings. The highest BCUT2D eigenvalue weighted by molar-refractivity contribution is 9.10. The molecule has 3 aromatic rings. The summed E-state index contributed by atoms with van der Waals surface area (Å²) >= 11 is 3.27. The van der Waals surface area contributed by atoms with Gasteiger partial charge in [-0.1, -0.05) is 34.0 Å². The fourth-order valence-corrected chi connectivity index (χ4v) is 6.50. The van der Waals surface area contributed by atoms with Crippen LogP contribution in [0.3, 0.4) is 0 Å². The van der Waals surface area contributed by atoms with Crippen LogP contribution in [0.2, 0.25) is 0 Å². The molecule has 14 heteroatoms. The zero-order valence-corrected chi connectivity index (χ0v) is 25.7. The van der Waals surface area contributed by atoms with Crippen molar-refractivity contribution in [3.05, 3.63) is 58.4 Å². The molecule has 7 atom stereocenters. The number of anilines is 1. The van der Waals surface area contributed by atoms with Crippen LogP contribution >= 0.6 is 15.9 Å². The zero-order valence-electron chi connectivity index (χ0n) is 24.1. The van der Waals surface area contributed by atoms with Gasteiger partial charge in [-0.05, 0) is 43.2 Å². The van der Waals surface area contributed by atoms with Crippen molar-refractivity contribution in [2.45, 2.75) is 68.3 Å². The van der Waals surface area contributed by atoms with Gasteiger partial charge < -0.3 is 34.4 Å². The lowest BCUT2D eigenvalue weighted by molar-refractivity contribution is -0.211. The largest absolute Gasteiger partial charge is 0.497 e. The fourth-order valence-electron chi connectivity index (χ4n) is 6.03. The van der Waals surface area contributed by atoms with Gasteiger partial charge in [0.2, 0.25) is 0 Å². The van der Waals surface area contributed by atoms with Gasteiger partial charge in [-0.2, -0.15) is 5.26 Å². The quantitative estimate of drug-likeness (QED) is 0.324. The highest BCUT2D eigenvalue weighted by Crippen LogP contribution is 2.37. The Morgan fingerprint density at radius 3 is 2.64 bits per heavy atom. The number of halogens is 2. The lowest BCUT2D eigenvalue weighted by Gasteiger charge is -2.46. The summed E-state index contributed by atoms with van der Waals surface area (Å²) in [7, 11) is 2.80. The second-order valence-corrected chi connectivity index (χ2v) is 11.8. The molecule has 1 aliphatic heterocycles. The van der Waals surface area contributed by atoms with Crippen molar-refractivity contribution in [1.29, 1.82) is 5.26 Å². The number of carbonyl (C=O) groups excluding carboxylic acids is 1. The summed E-state index contributed by atoms with van der Waals surface area (Å²) in [6.45, 7) is -0.625. The number of aliphatic hydroxyl groups is 3. The van der Waals surface area contributed by atoms with Crippen LogP contribution in [0.25, 0.3) is 11.3 Å². The van der Waals surface area contributed by atoms with Crippen LogP contribution in [0, 0.1) is 17.1 Å². The smallest absolute Gasteiger partial charge is 0.259 e. The molecule has 1 amide bonds. The van der Waals surface area contributed by atoms with Gasteiger partial charge in [0.15, 0.2) is 6.10 Å². The number of nitrogens with zero attached hydrogens (tertiary/aromatic N) is 5. The van der Waals surface area contributed by atoms with Crippen LogP contribution in [-0.4, -0.2) is 93.6 Å². The number of nitriles is 1. The number of methoxy groups -OCH3 is 2. The van der Waals surface area contributed by atoms with E-state index >= 15 is 0 Å². The van der Waals surface area contributed by atoms with E-state index in [9.17, 15) is 29.8 Å². The van der Waals surface area contributed by atoms with Crippen molar-refractivity contribution < 1.29 is 38.7 Å². The van der Waals surface area contributed by atoms with Crippen molar-refractivity contribution in [2.75, 3.05) is 25.7 Å². The maximum absolute atomic E-state index is 14.6. The highest BCUT2D eigenvalue weighted by Gasteiger charge is 2.52. The second-order valence-electron chi connectivity index (χ2n) is 10.9. The molecule has 3 N–H and O–H groups in total. The van der Waals surface area contributed by atoms with E-state index in [1.54, 1.807) is 12.1 Å². The van der Waals surface area contributed by atoms with E-state index < -0.39 is 60.9 Å². The molecular weight excluding hydrogens is 641 g/mol. The van der Waals surface area contributed by atoms with Gasteiger partial charge in [0.05, 0.1) is 43.7 Å². The summed E-state index contributed by atoms with van der Waals surface area (Å²) in [4.78, 5) is 16.0. The van der Waals surface area contributed by atoms with E-state index in [2.05, 4.69) is 32.3 Å². The minimum absolute atomic E-state index is 0.246. The summed E-state index contributed by atoms with van der Waals surface area (Å²) in [5.41, 5.74) is 1.29. The maximum atomic E-state index is 14.6. The predicted molar refractivity (Wildman–Crippen MR) is 158 cm³/mol. The predicted octanol–water partition coefficient (Wildman–Crippen LogP) is 2.74. The van der Waals surface area contributed by atoms with Gasteiger partial charge in [0.1, 0.15) is 41.6 Å². The SMILES string of the molecule is COc1cc(C#N)cc(N(C(=O)C2OC(CO)C(O)C(n3cc(-c4cc(F)cc(Br)c4)nn3)C2OC)[C@H]2CCCC[C@@H]2O)c1. The third kappa shape index (κ3) is 6.35. The van der Waals surface area contributed by atoms with Crippen LogP contribution in [0.5, 0.6) is 5.75 Å². The van der Waals surface area contributed by atoms with Crippen molar-refractivity contribution in [3.8, 4) is 23.1 Å². The molecule has 2 aromatic carbocycles. The molecule has 1 aliphatic carbocycles. The molecule has 12 nitrogen and oxygen atoms in total. The van der Waals surface area contributed by atoms with Gasteiger partial charge >= 0.3 is 0 Å². The van der Waals surface area contributed by atoms with E-state index in [-0.39, 0.29) is 5.56 Å². The third-order valence-electron chi connectivity index (χ3n) is 8.15. The molecule has 5 rings (SSSR count). The zero-order chi connectivity index (χ0) is 31.5. The van der Waals surface area contributed by atoms with Crippen molar-refractivity contribution in [1.82, 2.24) is 15.0 Å². The standard InChI is InChI=1S/C30H33BrFN5O7/c1-42-21-8-16(13-33)7-20(12-21)37(23-5-3-4-6-24(23)39)30(41)29-28(43-2)26(27(40)25(15-38)44-29)36-14-22(34-35-36)17-9-18(31)11-19(32)10-17/h7-12,14,23-29,38-40H,3-6,15H2,1-2H3/t23-,24-,25?,26?,27?,28?,29?/m0/s1.